The molecule has 21 heavy (non-hydrogen) atoms. The van der Waals surface area contributed by atoms with Crippen LogP contribution in [0.4, 0.5) is 5.69 Å². The number of aryl methyl sites for hydroxylation is 3. The molecule has 5 nitrogen and oxygen atoms in total. The van der Waals surface area contributed by atoms with E-state index in [4.69, 9.17) is 4.52 Å². The van der Waals surface area contributed by atoms with Crippen molar-refractivity contribution < 1.29 is 9.32 Å². The van der Waals surface area contributed by atoms with E-state index >= 15 is 0 Å². The van der Waals surface area contributed by atoms with Gasteiger partial charge in [0.1, 0.15) is 0 Å². The van der Waals surface area contributed by atoms with Crippen molar-refractivity contribution in [1.82, 2.24) is 10.1 Å². The second-order valence-electron chi connectivity index (χ2n) is 5.60. The Morgan fingerprint density at radius 2 is 2.19 bits per heavy atom. The number of amides is 1. The van der Waals surface area contributed by atoms with Gasteiger partial charge in [-0.05, 0) is 31.0 Å². The number of anilines is 1. The molecule has 1 aromatic heterocycles. The van der Waals surface area contributed by atoms with Gasteiger partial charge in [-0.2, -0.15) is 4.98 Å². The van der Waals surface area contributed by atoms with Crippen LogP contribution < -0.4 is 4.90 Å². The van der Waals surface area contributed by atoms with Crippen LogP contribution in [0.3, 0.4) is 0 Å². The summed E-state index contributed by atoms with van der Waals surface area (Å²) in [5.74, 6) is 1.38. The van der Waals surface area contributed by atoms with Crippen LogP contribution in [0.2, 0.25) is 0 Å². The van der Waals surface area contributed by atoms with Crippen LogP contribution in [0.25, 0.3) is 0 Å². The molecule has 1 aliphatic heterocycles. The first-order valence-electron chi connectivity index (χ1n) is 7.28. The SMILES string of the molecule is CCc1noc([C@@H]2CC(=O)N(c3cc(C)ccc3C)C2)n1. The molecule has 0 aliphatic carbocycles. The molecule has 0 spiro atoms. The Labute approximate surface area is 124 Å². The number of aromatic nitrogens is 2. The van der Waals surface area contributed by atoms with Gasteiger partial charge in [0.25, 0.3) is 0 Å². The molecule has 0 bridgehead atoms. The third kappa shape index (κ3) is 2.55. The highest BCUT2D eigenvalue weighted by Crippen LogP contribution is 2.33. The number of nitrogens with zero attached hydrogens (tertiary/aromatic N) is 3. The number of hydrogen-bond acceptors (Lipinski definition) is 4. The van der Waals surface area contributed by atoms with Gasteiger partial charge >= 0.3 is 0 Å². The fourth-order valence-corrected chi connectivity index (χ4v) is 2.69. The van der Waals surface area contributed by atoms with E-state index < -0.39 is 0 Å². The van der Waals surface area contributed by atoms with Gasteiger partial charge in [-0.25, -0.2) is 0 Å². The minimum absolute atomic E-state index is 0.00906. The highest BCUT2D eigenvalue weighted by Gasteiger charge is 2.35. The van der Waals surface area contributed by atoms with Gasteiger partial charge in [0, 0.05) is 25.1 Å². The summed E-state index contributed by atoms with van der Waals surface area (Å²) in [6, 6.07) is 6.16. The first-order chi connectivity index (χ1) is 10.1. The summed E-state index contributed by atoms with van der Waals surface area (Å²) < 4.78 is 5.29. The first kappa shape index (κ1) is 13.8. The molecule has 5 heteroatoms. The van der Waals surface area contributed by atoms with E-state index in [1.54, 1.807) is 0 Å². The average Bonchev–Trinajstić information content (AvgIpc) is 3.08. The van der Waals surface area contributed by atoms with Crippen molar-refractivity contribution in [1.29, 1.82) is 0 Å². The zero-order chi connectivity index (χ0) is 15.0. The van der Waals surface area contributed by atoms with E-state index in [1.807, 2.05) is 31.7 Å². The molecule has 0 N–H and O–H groups in total. The Bertz CT molecular complexity index is 678. The molecular formula is C16H19N3O2. The Hall–Kier alpha value is -2.17. The highest BCUT2D eigenvalue weighted by molar-refractivity contribution is 5.97. The van der Waals surface area contributed by atoms with E-state index in [9.17, 15) is 4.79 Å². The van der Waals surface area contributed by atoms with E-state index in [0.29, 0.717) is 24.7 Å². The Morgan fingerprint density at radius 1 is 1.38 bits per heavy atom. The summed E-state index contributed by atoms with van der Waals surface area (Å²) in [7, 11) is 0. The predicted molar refractivity (Wildman–Crippen MR) is 79.3 cm³/mol. The Balaban J connectivity index is 1.86. The lowest BCUT2D eigenvalue weighted by Gasteiger charge is -2.19. The van der Waals surface area contributed by atoms with Crippen molar-refractivity contribution in [3.63, 3.8) is 0 Å². The molecule has 2 aromatic rings. The summed E-state index contributed by atoms with van der Waals surface area (Å²) in [5, 5.41) is 3.92. The number of carbonyl (C=O) groups excluding carboxylic acids is 1. The van der Waals surface area contributed by atoms with Gasteiger partial charge in [0.15, 0.2) is 5.82 Å². The van der Waals surface area contributed by atoms with Gasteiger partial charge in [-0.15, -0.1) is 0 Å². The van der Waals surface area contributed by atoms with Gasteiger partial charge in [-0.1, -0.05) is 24.2 Å². The monoisotopic (exact) mass is 285 g/mol. The summed E-state index contributed by atoms with van der Waals surface area (Å²) in [6.45, 7) is 6.65. The molecule has 3 rings (SSSR count). The van der Waals surface area contributed by atoms with Crippen molar-refractivity contribution >= 4 is 11.6 Å². The summed E-state index contributed by atoms with van der Waals surface area (Å²) >= 11 is 0. The predicted octanol–water partition coefficient (Wildman–Crippen LogP) is 2.77. The molecule has 1 aromatic carbocycles. The van der Waals surface area contributed by atoms with Crippen LogP contribution in [-0.4, -0.2) is 22.6 Å². The fourth-order valence-electron chi connectivity index (χ4n) is 2.69. The maximum absolute atomic E-state index is 12.3. The summed E-state index contributed by atoms with van der Waals surface area (Å²) in [6.07, 6.45) is 1.17. The zero-order valence-electron chi connectivity index (χ0n) is 12.6. The normalized spacial score (nSPS) is 18.5. The minimum Gasteiger partial charge on any atom is -0.339 e. The van der Waals surface area contributed by atoms with Crippen molar-refractivity contribution in [2.45, 2.75) is 39.5 Å². The van der Waals surface area contributed by atoms with Crippen molar-refractivity contribution in [3.05, 3.63) is 41.0 Å². The van der Waals surface area contributed by atoms with Crippen LogP contribution in [0.15, 0.2) is 22.7 Å². The molecule has 0 radical (unpaired) electrons. The maximum atomic E-state index is 12.3. The smallest absolute Gasteiger partial charge is 0.232 e. The number of benzene rings is 1. The van der Waals surface area contributed by atoms with Crippen molar-refractivity contribution in [3.8, 4) is 0 Å². The second-order valence-corrected chi connectivity index (χ2v) is 5.60. The molecule has 1 saturated heterocycles. The molecule has 1 fully saturated rings. The fraction of sp³-hybridized carbons (Fsp3) is 0.438. The lowest BCUT2D eigenvalue weighted by atomic mass is 10.1. The van der Waals surface area contributed by atoms with Crippen LogP contribution in [0, 0.1) is 13.8 Å². The number of carbonyl (C=O) groups is 1. The largest absolute Gasteiger partial charge is 0.339 e. The first-order valence-corrected chi connectivity index (χ1v) is 7.28. The highest BCUT2D eigenvalue weighted by atomic mass is 16.5. The molecule has 0 unspecified atom stereocenters. The molecule has 0 saturated carbocycles. The lowest BCUT2D eigenvalue weighted by molar-refractivity contribution is -0.117. The van der Waals surface area contributed by atoms with Crippen molar-refractivity contribution in [2.24, 2.45) is 0 Å². The average molecular weight is 285 g/mol. The lowest BCUT2D eigenvalue weighted by Crippen LogP contribution is -2.25. The van der Waals surface area contributed by atoms with Gasteiger partial charge in [0.05, 0.1) is 5.92 Å². The summed E-state index contributed by atoms with van der Waals surface area (Å²) in [5.41, 5.74) is 3.24. The van der Waals surface area contributed by atoms with Gasteiger partial charge in [-0.3, -0.25) is 4.79 Å². The molecule has 1 aliphatic rings. The van der Waals surface area contributed by atoms with Crippen LogP contribution >= 0.6 is 0 Å². The second kappa shape index (κ2) is 5.31. The molecule has 2 heterocycles. The topological polar surface area (TPSA) is 59.2 Å². The zero-order valence-corrected chi connectivity index (χ0v) is 12.6. The van der Waals surface area contributed by atoms with Crippen LogP contribution in [0.5, 0.6) is 0 Å². The quantitative estimate of drug-likeness (QED) is 0.870. The maximum Gasteiger partial charge on any atom is 0.232 e. The third-order valence-corrected chi connectivity index (χ3v) is 3.93. The Morgan fingerprint density at radius 3 is 2.90 bits per heavy atom. The Kier molecular flexibility index (Phi) is 3.49. The molecule has 110 valence electrons. The number of hydrogen-bond donors (Lipinski definition) is 0. The van der Waals surface area contributed by atoms with Crippen molar-refractivity contribution in [2.75, 3.05) is 11.4 Å². The standard InChI is InChI=1S/C16H19N3O2/c1-4-14-17-16(21-18-14)12-8-15(20)19(9-12)13-7-10(2)5-6-11(13)3/h5-7,12H,4,8-9H2,1-3H3/t12-/m1/s1. The van der Waals surface area contributed by atoms with E-state index in [1.165, 1.54) is 0 Å². The van der Waals surface area contributed by atoms with Gasteiger partial charge < -0.3 is 9.42 Å². The van der Waals surface area contributed by atoms with Crippen LogP contribution in [-0.2, 0) is 11.2 Å². The van der Waals surface area contributed by atoms with E-state index in [-0.39, 0.29) is 11.8 Å². The number of rotatable bonds is 3. The van der Waals surface area contributed by atoms with Crippen LogP contribution in [0.1, 0.15) is 42.1 Å². The minimum atomic E-state index is -0.00906. The van der Waals surface area contributed by atoms with E-state index in [2.05, 4.69) is 22.3 Å². The molecule has 1 amide bonds. The van der Waals surface area contributed by atoms with E-state index in [0.717, 1.165) is 23.2 Å². The summed E-state index contributed by atoms with van der Waals surface area (Å²) in [4.78, 5) is 18.5. The molecular weight excluding hydrogens is 266 g/mol. The molecule has 1 atom stereocenters. The third-order valence-electron chi connectivity index (χ3n) is 3.93. The van der Waals surface area contributed by atoms with Gasteiger partial charge in [0.2, 0.25) is 11.8 Å².